The summed E-state index contributed by atoms with van der Waals surface area (Å²) in [5.41, 5.74) is 7.15. The van der Waals surface area contributed by atoms with Crippen molar-refractivity contribution in [2.75, 3.05) is 0 Å². The maximum absolute atomic E-state index is 13.1. The van der Waals surface area contributed by atoms with E-state index in [2.05, 4.69) is 56.3 Å². The van der Waals surface area contributed by atoms with Gasteiger partial charge in [-0.25, -0.2) is 4.39 Å². The maximum Gasteiger partial charge on any atom is 0.123 e. The van der Waals surface area contributed by atoms with Gasteiger partial charge in [0.25, 0.3) is 0 Å². The van der Waals surface area contributed by atoms with Crippen LogP contribution in [-0.2, 0) is 6.42 Å². The summed E-state index contributed by atoms with van der Waals surface area (Å²) < 4.78 is 13.1. The lowest BCUT2D eigenvalue weighted by molar-refractivity contribution is 0.628. The van der Waals surface area contributed by atoms with Crippen LogP contribution in [0.3, 0.4) is 0 Å². The van der Waals surface area contributed by atoms with E-state index in [9.17, 15) is 4.39 Å². The van der Waals surface area contributed by atoms with Crippen molar-refractivity contribution >= 4 is 0 Å². The van der Waals surface area contributed by atoms with Crippen LogP contribution in [0.1, 0.15) is 18.1 Å². The Bertz CT molecular complexity index is 704. The molecule has 0 unspecified atom stereocenters. The number of benzene rings is 3. The Morgan fingerprint density at radius 1 is 0.682 bits per heavy atom. The van der Waals surface area contributed by atoms with Gasteiger partial charge in [0.2, 0.25) is 0 Å². The van der Waals surface area contributed by atoms with Gasteiger partial charge in [0.1, 0.15) is 5.82 Å². The number of hydrogen-bond donors (Lipinski definition) is 0. The van der Waals surface area contributed by atoms with E-state index in [1.165, 1.54) is 34.4 Å². The van der Waals surface area contributed by atoms with Crippen molar-refractivity contribution in [2.45, 2.75) is 20.3 Å². The van der Waals surface area contributed by atoms with Crippen molar-refractivity contribution < 1.29 is 4.39 Å². The van der Waals surface area contributed by atoms with E-state index in [-0.39, 0.29) is 5.82 Å². The fourth-order valence-electron chi connectivity index (χ4n) is 2.62. The molecule has 3 rings (SSSR count). The molecule has 0 nitrogen and oxygen atoms in total. The average molecular weight is 290 g/mol. The van der Waals surface area contributed by atoms with Gasteiger partial charge in [0, 0.05) is 0 Å². The minimum absolute atomic E-state index is 0.200. The van der Waals surface area contributed by atoms with Crippen LogP contribution in [0, 0.1) is 12.7 Å². The highest BCUT2D eigenvalue weighted by Gasteiger charge is 2.05. The van der Waals surface area contributed by atoms with Gasteiger partial charge in [0.05, 0.1) is 0 Å². The van der Waals surface area contributed by atoms with Crippen molar-refractivity contribution in [2.24, 2.45) is 0 Å². The summed E-state index contributed by atoms with van der Waals surface area (Å²) in [6.07, 6.45) is 0.980. The minimum Gasteiger partial charge on any atom is -0.207 e. The molecule has 0 N–H and O–H groups in total. The lowest BCUT2D eigenvalue weighted by Crippen LogP contribution is -1.88. The lowest BCUT2D eigenvalue weighted by atomic mass is 9.95. The van der Waals surface area contributed by atoms with Gasteiger partial charge >= 0.3 is 0 Å². The third kappa shape index (κ3) is 3.09. The Labute approximate surface area is 131 Å². The Kier molecular flexibility index (Phi) is 4.06. The normalized spacial score (nSPS) is 10.7. The van der Waals surface area contributed by atoms with E-state index in [0.29, 0.717) is 0 Å². The zero-order valence-electron chi connectivity index (χ0n) is 12.9. The molecule has 0 saturated heterocycles. The Hall–Kier alpha value is -2.41. The number of rotatable bonds is 3. The van der Waals surface area contributed by atoms with Crippen LogP contribution >= 0.6 is 0 Å². The molecule has 0 radical (unpaired) electrons. The summed E-state index contributed by atoms with van der Waals surface area (Å²) in [6, 6.07) is 21.9. The number of aryl methyl sites for hydroxylation is 2. The highest BCUT2D eigenvalue weighted by Crippen LogP contribution is 2.29. The summed E-state index contributed by atoms with van der Waals surface area (Å²) >= 11 is 0. The van der Waals surface area contributed by atoms with Gasteiger partial charge in [0.15, 0.2) is 0 Å². The van der Waals surface area contributed by atoms with E-state index in [4.69, 9.17) is 0 Å². The molecule has 0 amide bonds. The van der Waals surface area contributed by atoms with E-state index in [1.807, 2.05) is 12.1 Å². The molecule has 0 saturated carbocycles. The fraction of sp³-hybridized carbons (Fsp3) is 0.143. The van der Waals surface area contributed by atoms with Crippen LogP contribution in [0.15, 0.2) is 66.7 Å². The van der Waals surface area contributed by atoms with E-state index in [1.54, 1.807) is 0 Å². The van der Waals surface area contributed by atoms with Gasteiger partial charge in [-0.05, 0) is 59.4 Å². The molecule has 0 aliphatic heterocycles. The molecule has 0 aliphatic rings. The highest BCUT2D eigenvalue weighted by atomic mass is 19.1. The molecule has 22 heavy (non-hydrogen) atoms. The van der Waals surface area contributed by atoms with E-state index >= 15 is 0 Å². The van der Waals surface area contributed by atoms with E-state index < -0.39 is 0 Å². The summed E-state index contributed by atoms with van der Waals surface area (Å²) in [5.74, 6) is -0.200. The third-order valence-electron chi connectivity index (χ3n) is 3.96. The molecule has 1 heteroatoms. The van der Waals surface area contributed by atoms with E-state index in [0.717, 1.165) is 17.5 Å². The second-order valence-corrected chi connectivity index (χ2v) is 5.65. The van der Waals surface area contributed by atoms with Gasteiger partial charge < -0.3 is 0 Å². The second-order valence-electron chi connectivity index (χ2n) is 5.65. The summed E-state index contributed by atoms with van der Waals surface area (Å²) in [6.45, 7) is 4.25. The summed E-state index contributed by atoms with van der Waals surface area (Å²) in [4.78, 5) is 0. The standard InChI is InChI=1S/C21H19F/c1-3-16-12-19(17-6-4-15(2)5-7-17)14-20(13-16)18-8-10-21(22)11-9-18/h4-14H,3H2,1-2H3. The highest BCUT2D eigenvalue weighted by molar-refractivity contribution is 5.74. The quantitative estimate of drug-likeness (QED) is 0.552. The molecule has 0 atom stereocenters. The van der Waals surface area contributed by atoms with Crippen LogP contribution in [0.4, 0.5) is 4.39 Å². The molecular weight excluding hydrogens is 271 g/mol. The first-order valence-electron chi connectivity index (χ1n) is 7.62. The largest absolute Gasteiger partial charge is 0.207 e. The van der Waals surface area contributed by atoms with Crippen LogP contribution < -0.4 is 0 Å². The topological polar surface area (TPSA) is 0 Å². The van der Waals surface area contributed by atoms with Crippen LogP contribution in [0.25, 0.3) is 22.3 Å². The molecule has 0 spiro atoms. The fourth-order valence-corrected chi connectivity index (χ4v) is 2.62. The molecule has 0 bridgehead atoms. The Morgan fingerprint density at radius 3 is 1.68 bits per heavy atom. The molecule has 3 aromatic carbocycles. The SMILES string of the molecule is CCc1cc(-c2ccc(C)cc2)cc(-c2ccc(F)cc2)c1. The Balaban J connectivity index is 2.10. The zero-order chi connectivity index (χ0) is 15.5. The van der Waals surface area contributed by atoms with Crippen molar-refractivity contribution in [3.63, 3.8) is 0 Å². The van der Waals surface area contributed by atoms with Crippen molar-refractivity contribution in [1.82, 2.24) is 0 Å². The molecule has 0 heterocycles. The van der Waals surface area contributed by atoms with Gasteiger partial charge in [-0.1, -0.05) is 61.0 Å². The Morgan fingerprint density at radius 2 is 1.18 bits per heavy atom. The monoisotopic (exact) mass is 290 g/mol. The number of hydrogen-bond acceptors (Lipinski definition) is 0. The summed E-state index contributed by atoms with van der Waals surface area (Å²) in [7, 11) is 0. The van der Waals surface area contributed by atoms with Crippen molar-refractivity contribution in [3.8, 4) is 22.3 Å². The first kappa shape index (κ1) is 14.5. The van der Waals surface area contributed by atoms with Gasteiger partial charge in [-0.3, -0.25) is 0 Å². The van der Waals surface area contributed by atoms with Crippen molar-refractivity contribution in [3.05, 3.63) is 83.7 Å². The molecule has 0 aliphatic carbocycles. The lowest BCUT2D eigenvalue weighted by Gasteiger charge is -2.10. The van der Waals surface area contributed by atoms with Crippen LogP contribution in [0.5, 0.6) is 0 Å². The first-order valence-corrected chi connectivity index (χ1v) is 7.62. The summed E-state index contributed by atoms with van der Waals surface area (Å²) in [5, 5.41) is 0. The predicted molar refractivity (Wildman–Crippen MR) is 91.4 cm³/mol. The minimum atomic E-state index is -0.200. The van der Waals surface area contributed by atoms with Crippen molar-refractivity contribution in [1.29, 1.82) is 0 Å². The zero-order valence-corrected chi connectivity index (χ0v) is 12.9. The maximum atomic E-state index is 13.1. The average Bonchev–Trinajstić information content (AvgIpc) is 2.55. The van der Waals surface area contributed by atoms with Crippen LogP contribution in [0.2, 0.25) is 0 Å². The predicted octanol–water partition coefficient (Wildman–Crippen LogP) is 6.03. The third-order valence-corrected chi connectivity index (χ3v) is 3.96. The molecule has 3 aromatic rings. The van der Waals surface area contributed by atoms with Gasteiger partial charge in [-0.2, -0.15) is 0 Å². The smallest absolute Gasteiger partial charge is 0.123 e. The molecular formula is C21H19F. The number of halogens is 1. The molecule has 110 valence electrons. The molecule has 0 aromatic heterocycles. The molecule has 0 fully saturated rings. The first-order chi connectivity index (χ1) is 10.7. The van der Waals surface area contributed by atoms with Crippen LogP contribution in [-0.4, -0.2) is 0 Å². The van der Waals surface area contributed by atoms with Gasteiger partial charge in [-0.15, -0.1) is 0 Å². The second kappa shape index (κ2) is 6.15.